The first-order chi connectivity index (χ1) is 28.1. The van der Waals surface area contributed by atoms with Crippen LogP contribution in [0.4, 0.5) is 0 Å². The standard InChI is InChI=1S/C54H36N2O/c1-54(39-17-6-3-7-18-39)47-25-12-10-21-42(47)44-23-14-24-45(52(44)54)49-34-48(55-53(56-49)37-15-4-2-5-16-37)36-29-27-35(28-30-36)40-19-8-9-20-41(40)38-31-32-51-46(33-38)43-22-11-13-26-50(43)57-51/h2-34H,1H3. The van der Waals surface area contributed by atoms with Crippen LogP contribution < -0.4 is 0 Å². The zero-order valence-corrected chi connectivity index (χ0v) is 31.4. The Morgan fingerprint density at radius 1 is 0.386 bits per heavy atom. The van der Waals surface area contributed by atoms with Crippen molar-refractivity contribution in [1.82, 2.24) is 9.97 Å². The molecule has 10 aromatic rings. The number of para-hydroxylation sites is 1. The van der Waals surface area contributed by atoms with Crippen LogP contribution in [0.25, 0.3) is 89.2 Å². The molecule has 0 fully saturated rings. The third-order valence-electron chi connectivity index (χ3n) is 11.8. The van der Waals surface area contributed by atoms with E-state index in [-0.39, 0.29) is 5.41 Å². The molecule has 3 nitrogen and oxygen atoms in total. The molecule has 0 amide bonds. The Bertz CT molecular complexity index is 3130. The highest BCUT2D eigenvalue weighted by molar-refractivity contribution is 6.06. The zero-order valence-electron chi connectivity index (χ0n) is 31.4. The molecule has 1 aliphatic rings. The van der Waals surface area contributed by atoms with Crippen molar-refractivity contribution < 1.29 is 4.42 Å². The largest absolute Gasteiger partial charge is 0.456 e. The van der Waals surface area contributed by atoms with Gasteiger partial charge in [-0.05, 0) is 81.3 Å². The van der Waals surface area contributed by atoms with Crippen LogP contribution in [0.5, 0.6) is 0 Å². The van der Waals surface area contributed by atoms with Crippen molar-refractivity contribution in [3.05, 3.63) is 217 Å². The smallest absolute Gasteiger partial charge is 0.160 e. The van der Waals surface area contributed by atoms with Gasteiger partial charge in [-0.2, -0.15) is 0 Å². The lowest BCUT2D eigenvalue weighted by Gasteiger charge is -2.30. The molecular formula is C54H36N2O. The van der Waals surface area contributed by atoms with Crippen molar-refractivity contribution in [1.29, 1.82) is 0 Å². The molecule has 1 aliphatic carbocycles. The summed E-state index contributed by atoms with van der Waals surface area (Å²) in [5.41, 5.74) is 17.4. The Morgan fingerprint density at radius 2 is 0.965 bits per heavy atom. The molecule has 11 rings (SSSR count). The van der Waals surface area contributed by atoms with Gasteiger partial charge in [0.25, 0.3) is 0 Å². The first-order valence-corrected chi connectivity index (χ1v) is 19.5. The second-order valence-corrected chi connectivity index (χ2v) is 15.0. The molecule has 0 bridgehead atoms. The molecule has 57 heavy (non-hydrogen) atoms. The summed E-state index contributed by atoms with van der Waals surface area (Å²) in [5.74, 6) is 0.703. The summed E-state index contributed by atoms with van der Waals surface area (Å²) in [5, 5.41) is 2.25. The molecule has 0 N–H and O–H groups in total. The fourth-order valence-corrected chi connectivity index (χ4v) is 9.04. The molecule has 0 saturated carbocycles. The zero-order chi connectivity index (χ0) is 37.9. The van der Waals surface area contributed by atoms with E-state index >= 15 is 0 Å². The minimum absolute atomic E-state index is 0.369. The van der Waals surface area contributed by atoms with Crippen LogP contribution in [-0.4, -0.2) is 9.97 Å². The van der Waals surface area contributed by atoms with E-state index in [1.54, 1.807) is 0 Å². The molecule has 0 radical (unpaired) electrons. The third kappa shape index (κ3) is 5.35. The second-order valence-electron chi connectivity index (χ2n) is 15.0. The summed E-state index contributed by atoms with van der Waals surface area (Å²) in [7, 11) is 0. The Morgan fingerprint density at radius 3 is 1.77 bits per heavy atom. The van der Waals surface area contributed by atoms with Crippen molar-refractivity contribution in [2.24, 2.45) is 0 Å². The molecule has 1 atom stereocenters. The van der Waals surface area contributed by atoms with Gasteiger partial charge in [0.2, 0.25) is 0 Å². The van der Waals surface area contributed by atoms with E-state index in [1.807, 2.05) is 30.3 Å². The Labute approximate surface area is 331 Å². The summed E-state index contributed by atoms with van der Waals surface area (Å²) in [6.45, 7) is 2.36. The van der Waals surface area contributed by atoms with Gasteiger partial charge in [-0.25, -0.2) is 9.97 Å². The minimum Gasteiger partial charge on any atom is -0.456 e. The summed E-state index contributed by atoms with van der Waals surface area (Å²) < 4.78 is 6.14. The topological polar surface area (TPSA) is 38.9 Å². The number of nitrogens with zero attached hydrogens (tertiary/aromatic N) is 2. The molecule has 0 spiro atoms. The monoisotopic (exact) mass is 728 g/mol. The van der Waals surface area contributed by atoms with Gasteiger partial charge in [0.15, 0.2) is 5.82 Å². The summed E-state index contributed by atoms with van der Waals surface area (Å²) in [6, 6.07) is 71.1. The van der Waals surface area contributed by atoms with Gasteiger partial charge in [-0.15, -0.1) is 0 Å². The number of rotatable bonds is 6. The van der Waals surface area contributed by atoms with Crippen molar-refractivity contribution in [2.45, 2.75) is 12.3 Å². The van der Waals surface area contributed by atoms with E-state index in [0.29, 0.717) is 5.82 Å². The number of hydrogen-bond donors (Lipinski definition) is 0. The molecule has 3 heteroatoms. The van der Waals surface area contributed by atoms with Crippen LogP contribution in [0, 0.1) is 0 Å². The molecule has 0 saturated heterocycles. The van der Waals surface area contributed by atoms with Crippen molar-refractivity contribution >= 4 is 21.9 Å². The lowest BCUT2D eigenvalue weighted by Crippen LogP contribution is -2.23. The van der Waals surface area contributed by atoms with Crippen molar-refractivity contribution in [2.75, 3.05) is 0 Å². The van der Waals surface area contributed by atoms with Gasteiger partial charge in [0.1, 0.15) is 11.2 Å². The van der Waals surface area contributed by atoms with Gasteiger partial charge in [-0.1, -0.05) is 176 Å². The van der Waals surface area contributed by atoms with Gasteiger partial charge < -0.3 is 4.42 Å². The van der Waals surface area contributed by atoms with E-state index in [9.17, 15) is 0 Å². The first kappa shape index (κ1) is 33.0. The maximum Gasteiger partial charge on any atom is 0.160 e. The Kier molecular flexibility index (Phi) is 7.61. The predicted molar refractivity (Wildman–Crippen MR) is 234 cm³/mol. The lowest BCUT2D eigenvalue weighted by atomic mass is 9.72. The van der Waals surface area contributed by atoms with E-state index in [2.05, 4.69) is 177 Å². The number of aromatic nitrogens is 2. The number of furan rings is 1. The Balaban J connectivity index is 1.04. The van der Waals surface area contributed by atoms with Crippen LogP contribution in [0.3, 0.4) is 0 Å². The van der Waals surface area contributed by atoms with E-state index in [0.717, 1.165) is 61.1 Å². The van der Waals surface area contributed by atoms with E-state index in [4.69, 9.17) is 14.4 Å². The molecule has 2 aromatic heterocycles. The van der Waals surface area contributed by atoms with Crippen LogP contribution >= 0.6 is 0 Å². The highest BCUT2D eigenvalue weighted by Crippen LogP contribution is 2.55. The summed E-state index contributed by atoms with van der Waals surface area (Å²) in [4.78, 5) is 10.6. The maximum atomic E-state index is 6.14. The van der Waals surface area contributed by atoms with Crippen molar-refractivity contribution in [3.8, 4) is 67.3 Å². The minimum atomic E-state index is -0.369. The molecule has 8 aromatic carbocycles. The van der Waals surface area contributed by atoms with Gasteiger partial charge in [-0.3, -0.25) is 0 Å². The van der Waals surface area contributed by atoms with E-state index < -0.39 is 0 Å². The van der Waals surface area contributed by atoms with Crippen LogP contribution in [0.15, 0.2) is 205 Å². The van der Waals surface area contributed by atoms with Crippen LogP contribution in [0.1, 0.15) is 23.6 Å². The van der Waals surface area contributed by atoms with Gasteiger partial charge in [0, 0.05) is 32.9 Å². The fraction of sp³-hybridized carbons (Fsp3) is 0.0370. The van der Waals surface area contributed by atoms with Gasteiger partial charge >= 0.3 is 0 Å². The fourth-order valence-electron chi connectivity index (χ4n) is 9.04. The molecule has 1 unspecified atom stereocenters. The van der Waals surface area contributed by atoms with Crippen molar-refractivity contribution in [3.63, 3.8) is 0 Å². The first-order valence-electron chi connectivity index (χ1n) is 19.5. The number of hydrogen-bond acceptors (Lipinski definition) is 3. The highest BCUT2D eigenvalue weighted by Gasteiger charge is 2.42. The van der Waals surface area contributed by atoms with Crippen LogP contribution in [0.2, 0.25) is 0 Å². The van der Waals surface area contributed by atoms with Crippen LogP contribution in [-0.2, 0) is 5.41 Å². The maximum absolute atomic E-state index is 6.14. The molecule has 0 aliphatic heterocycles. The van der Waals surface area contributed by atoms with E-state index in [1.165, 1.54) is 38.9 Å². The highest BCUT2D eigenvalue weighted by atomic mass is 16.3. The third-order valence-corrected chi connectivity index (χ3v) is 11.8. The number of fused-ring (bicyclic) bond motifs is 6. The average Bonchev–Trinajstić information content (AvgIpc) is 3.80. The summed E-state index contributed by atoms with van der Waals surface area (Å²) >= 11 is 0. The predicted octanol–water partition coefficient (Wildman–Crippen LogP) is 14.0. The normalized spacial score (nSPS) is 14.5. The summed E-state index contributed by atoms with van der Waals surface area (Å²) in [6.07, 6.45) is 0. The quantitative estimate of drug-likeness (QED) is 0.171. The average molecular weight is 729 g/mol. The molecular weight excluding hydrogens is 693 g/mol. The molecule has 2 heterocycles. The second kappa shape index (κ2) is 13.1. The number of benzene rings is 8. The van der Waals surface area contributed by atoms with Gasteiger partial charge in [0.05, 0.1) is 11.4 Å². The lowest BCUT2D eigenvalue weighted by molar-refractivity contribution is 0.669. The Hall–Kier alpha value is -7.36. The molecule has 268 valence electrons. The SMILES string of the molecule is CC1(c2ccccc2)c2ccccc2-c2cccc(-c3cc(-c4ccc(-c5ccccc5-c5ccc6oc7ccccc7c6c5)cc4)nc(-c4ccccc4)n3)c21.